The van der Waals surface area contributed by atoms with Gasteiger partial charge in [-0.05, 0) is 31.2 Å². The lowest BCUT2D eigenvalue weighted by molar-refractivity contribution is -0.121. The van der Waals surface area contributed by atoms with Gasteiger partial charge in [-0.25, -0.2) is 4.98 Å². The molecule has 1 aliphatic rings. The highest BCUT2D eigenvalue weighted by molar-refractivity contribution is 7.87. The smallest absolute Gasteiger partial charge is 0.402 e. The Morgan fingerprint density at radius 3 is 2.68 bits per heavy atom. The van der Waals surface area contributed by atoms with Crippen LogP contribution in [0.15, 0.2) is 30.5 Å². The SMILES string of the molecule is COc1ccc(C#N)cc1-c1cc(C)ncc1C(=O)Nc1nc2c(s1)CN(S(=O)(=O)NCC(F)(F)F)C2. The predicted octanol–water partition coefficient (Wildman–Crippen LogP) is 3.36. The van der Waals surface area contributed by atoms with Gasteiger partial charge in [0.05, 0.1) is 43.1 Å². The first-order valence-electron chi connectivity index (χ1n) is 10.6. The second-order valence-corrected chi connectivity index (χ2v) is 10.8. The van der Waals surface area contributed by atoms with Crippen molar-refractivity contribution in [1.82, 2.24) is 19.0 Å². The number of nitrogens with one attached hydrogen (secondary N) is 2. The Hall–Kier alpha value is -3.58. The van der Waals surface area contributed by atoms with Crippen molar-refractivity contribution in [2.75, 3.05) is 19.0 Å². The molecule has 1 aromatic carbocycles. The number of nitrogens with zero attached hydrogens (tertiary/aromatic N) is 4. The Labute approximate surface area is 213 Å². The molecule has 37 heavy (non-hydrogen) atoms. The van der Waals surface area contributed by atoms with Gasteiger partial charge in [0.25, 0.3) is 16.1 Å². The number of benzene rings is 1. The number of carbonyl (C=O) groups excluding carboxylic acids is 1. The molecule has 0 bridgehead atoms. The molecular weight excluding hydrogens is 533 g/mol. The van der Waals surface area contributed by atoms with Crippen molar-refractivity contribution >= 4 is 32.6 Å². The van der Waals surface area contributed by atoms with Gasteiger partial charge in [0.1, 0.15) is 12.3 Å². The number of nitriles is 1. The highest BCUT2D eigenvalue weighted by Gasteiger charge is 2.36. The fourth-order valence-electron chi connectivity index (χ4n) is 3.62. The first kappa shape index (κ1) is 26.5. The number of hydrogen-bond donors (Lipinski definition) is 2. The van der Waals surface area contributed by atoms with Crippen LogP contribution in [0.4, 0.5) is 18.3 Å². The van der Waals surface area contributed by atoms with E-state index < -0.39 is 28.8 Å². The summed E-state index contributed by atoms with van der Waals surface area (Å²) < 4.78 is 69.4. The molecule has 1 aliphatic heterocycles. The third-order valence-electron chi connectivity index (χ3n) is 5.34. The van der Waals surface area contributed by atoms with Crippen molar-refractivity contribution in [3.8, 4) is 22.9 Å². The number of alkyl halides is 3. The quantitative estimate of drug-likeness (QED) is 0.459. The van der Waals surface area contributed by atoms with Gasteiger partial charge in [0.2, 0.25) is 0 Å². The topological polar surface area (TPSA) is 137 Å². The molecule has 0 unspecified atom stereocenters. The molecule has 3 heterocycles. The van der Waals surface area contributed by atoms with Crippen LogP contribution in [-0.4, -0.2) is 48.4 Å². The number of methoxy groups -OCH3 is 1. The summed E-state index contributed by atoms with van der Waals surface area (Å²) in [5, 5.41) is 12.2. The Bertz CT molecular complexity index is 1490. The molecule has 2 N–H and O–H groups in total. The average molecular weight is 553 g/mol. The summed E-state index contributed by atoms with van der Waals surface area (Å²) in [5.74, 6) is -0.0945. The molecule has 2 aromatic heterocycles. The fraction of sp³-hybridized carbons (Fsp3) is 0.273. The molecule has 0 spiro atoms. The lowest BCUT2D eigenvalue weighted by Crippen LogP contribution is -2.42. The van der Waals surface area contributed by atoms with Gasteiger partial charge >= 0.3 is 6.18 Å². The molecule has 0 fully saturated rings. The minimum absolute atomic E-state index is 0.175. The van der Waals surface area contributed by atoms with E-state index in [1.165, 1.54) is 18.0 Å². The summed E-state index contributed by atoms with van der Waals surface area (Å²) in [6.07, 6.45) is -3.29. The third kappa shape index (κ3) is 5.88. The van der Waals surface area contributed by atoms with Crippen molar-refractivity contribution in [2.24, 2.45) is 0 Å². The number of halogens is 3. The van der Waals surface area contributed by atoms with Crippen molar-refractivity contribution in [2.45, 2.75) is 26.2 Å². The molecule has 15 heteroatoms. The molecule has 0 saturated carbocycles. The van der Waals surface area contributed by atoms with Crippen LogP contribution < -0.4 is 14.8 Å². The molecule has 10 nitrogen and oxygen atoms in total. The van der Waals surface area contributed by atoms with Crippen molar-refractivity contribution in [3.05, 3.63) is 57.9 Å². The lowest BCUT2D eigenvalue weighted by Gasteiger charge is -2.17. The maximum atomic E-state index is 13.2. The molecule has 0 saturated heterocycles. The minimum atomic E-state index is -4.68. The Morgan fingerprint density at radius 1 is 1.27 bits per heavy atom. The van der Waals surface area contributed by atoms with Crippen molar-refractivity contribution < 1.29 is 31.1 Å². The summed E-state index contributed by atoms with van der Waals surface area (Å²) in [6, 6.07) is 8.56. The Kier molecular flexibility index (Phi) is 7.20. The zero-order valence-electron chi connectivity index (χ0n) is 19.4. The van der Waals surface area contributed by atoms with Gasteiger partial charge in [-0.1, -0.05) is 11.3 Å². The van der Waals surface area contributed by atoms with E-state index in [2.05, 4.69) is 21.4 Å². The number of pyridine rings is 1. The van der Waals surface area contributed by atoms with Crippen LogP contribution in [0, 0.1) is 18.3 Å². The van der Waals surface area contributed by atoms with Crippen LogP contribution in [0.3, 0.4) is 0 Å². The van der Waals surface area contributed by atoms with Crippen LogP contribution in [0.2, 0.25) is 0 Å². The second-order valence-electron chi connectivity index (χ2n) is 7.95. The standard InChI is InChI=1S/C22H19F3N6O4S2/c1-12-5-14(15-6-13(7-26)3-4-18(15)35-2)16(8-27-12)20(32)30-21-29-17-9-31(10-19(17)36-21)37(33,34)28-11-22(23,24)25/h3-6,8,28H,9-11H2,1-2H3,(H,29,30,32). The predicted molar refractivity (Wildman–Crippen MR) is 128 cm³/mol. The van der Waals surface area contributed by atoms with E-state index in [0.717, 1.165) is 15.6 Å². The normalized spacial score (nSPS) is 13.7. The first-order valence-corrected chi connectivity index (χ1v) is 12.8. The number of rotatable bonds is 7. The van der Waals surface area contributed by atoms with Crippen molar-refractivity contribution in [3.63, 3.8) is 0 Å². The molecule has 3 aromatic rings. The number of carbonyl (C=O) groups is 1. The van der Waals surface area contributed by atoms with Crippen LogP contribution >= 0.6 is 11.3 Å². The van der Waals surface area contributed by atoms with Gasteiger partial charge in [-0.3, -0.25) is 15.1 Å². The molecular formula is C22H19F3N6O4S2. The molecule has 4 rings (SSSR count). The maximum Gasteiger partial charge on any atom is 0.402 e. The van der Waals surface area contributed by atoms with Crippen LogP contribution in [0.1, 0.15) is 32.2 Å². The van der Waals surface area contributed by atoms with Crippen LogP contribution in [0.5, 0.6) is 5.75 Å². The summed E-state index contributed by atoms with van der Waals surface area (Å²) in [5.41, 5.74) is 2.53. The number of thiazole rings is 1. The van der Waals surface area contributed by atoms with Gasteiger partial charge in [0.15, 0.2) is 5.13 Å². The monoisotopic (exact) mass is 552 g/mol. The summed E-state index contributed by atoms with van der Waals surface area (Å²) in [4.78, 5) is 22.1. The number of ether oxygens (including phenoxy) is 1. The molecule has 194 valence electrons. The average Bonchev–Trinajstić information content (AvgIpc) is 3.41. The number of amides is 1. The summed E-state index contributed by atoms with van der Waals surface area (Å²) in [6.45, 7) is -0.334. The number of aryl methyl sites for hydroxylation is 1. The Morgan fingerprint density at radius 2 is 2.03 bits per heavy atom. The molecule has 0 radical (unpaired) electrons. The first-order chi connectivity index (χ1) is 17.4. The zero-order valence-corrected chi connectivity index (χ0v) is 21.0. The molecule has 0 atom stereocenters. The number of fused-ring (bicyclic) bond motifs is 1. The van der Waals surface area contributed by atoms with Crippen molar-refractivity contribution in [1.29, 1.82) is 5.26 Å². The van der Waals surface area contributed by atoms with E-state index in [0.29, 0.717) is 38.7 Å². The van der Waals surface area contributed by atoms with E-state index in [1.54, 1.807) is 31.2 Å². The summed E-state index contributed by atoms with van der Waals surface area (Å²) >= 11 is 1.02. The van der Waals surface area contributed by atoms with E-state index in [1.807, 2.05) is 0 Å². The van der Waals surface area contributed by atoms with E-state index in [9.17, 15) is 31.6 Å². The number of anilines is 1. The van der Waals surface area contributed by atoms with E-state index in [-0.39, 0.29) is 23.8 Å². The zero-order chi connectivity index (χ0) is 27.0. The Balaban J connectivity index is 1.55. The number of aromatic nitrogens is 2. The van der Waals surface area contributed by atoms with Crippen LogP contribution in [0.25, 0.3) is 11.1 Å². The lowest BCUT2D eigenvalue weighted by atomic mass is 9.97. The highest BCUT2D eigenvalue weighted by Crippen LogP contribution is 2.35. The maximum absolute atomic E-state index is 13.2. The highest BCUT2D eigenvalue weighted by atomic mass is 32.2. The fourth-order valence-corrected chi connectivity index (χ4v) is 5.80. The van der Waals surface area contributed by atoms with Gasteiger partial charge in [0, 0.05) is 27.9 Å². The van der Waals surface area contributed by atoms with E-state index in [4.69, 9.17) is 4.74 Å². The number of hydrogen-bond acceptors (Lipinski definition) is 8. The largest absolute Gasteiger partial charge is 0.496 e. The van der Waals surface area contributed by atoms with E-state index >= 15 is 0 Å². The third-order valence-corrected chi connectivity index (χ3v) is 7.79. The van der Waals surface area contributed by atoms with Gasteiger partial charge < -0.3 is 4.74 Å². The van der Waals surface area contributed by atoms with Crippen LogP contribution in [-0.2, 0) is 23.3 Å². The minimum Gasteiger partial charge on any atom is -0.496 e. The molecule has 0 aliphatic carbocycles. The molecule has 1 amide bonds. The second kappa shape index (κ2) is 10.1. The van der Waals surface area contributed by atoms with Gasteiger partial charge in [-0.15, -0.1) is 0 Å². The van der Waals surface area contributed by atoms with Gasteiger partial charge in [-0.2, -0.15) is 35.9 Å². The summed E-state index contributed by atoms with van der Waals surface area (Å²) in [7, 11) is -2.89.